The molecule has 0 aliphatic carbocycles. The van der Waals surface area contributed by atoms with Gasteiger partial charge in [-0.2, -0.15) is 0 Å². The predicted molar refractivity (Wildman–Crippen MR) is 107 cm³/mol. The number of hydrogen-bond acceptors (Lipinski definition) is 3. The number of nitrogens with one attached hydrogen (secondary N) is 2. The molecule has 1 fully saturated rings. The highest BCUT2D eigenvalue weighted by atomic mass is 16.5. The van der Waals surface area contributed by atoms with E-state index in [0.29, 0.717) is 23.7 Å². The summed E-state index contributed by atoms with van der Waals surface area (Å²) in [7, 11) is 0. The SMILES string of the molecule is O=C1NCC(c2ccccc2)C1C(=O)Nc1ccccc1Oc1ccccc1. The van der Waals surface area contributed by atoms with Crippen LogP contribution in [-0.2, 0) is 9.59 Å². The van der Waals surface area contributed by atoms with Crippen LogP contribution in [-0.4, -0.2) is 18.4 Å². The Labute approximate surface area is 163 Å². The van der Waals surface area contributed by atoms with Crippen molar-refractivity contribution < 1.29 is 14.3 Å². The maximum atomic E-state index is 13.0. The minimum Gasteiger partial charge on any atom is -0.455 e. The van der Waals surface area contributed by atoms with E-state index in [1.54, 1.807) is 12.1 Å². The topological polar surface area (TPSA) is 67.4 Å². The lowest BCUT2D eigenvalue weighted by atomic mass is 9.88. The van der Waals surface area contributed by atoms with Crippen molar-refractivity contribution in [3.63, 3.8) is 0 Å². The molecule has 5 heteroatoms. The second-order valence-corrected chi connectivity index (χ2v) is 6.64. The molecular formula is C23H20N2O3. The molecule has 4 rings (SSSR count). The molecule has 0 spiro atoms. The average molecular weight is 372 g/mol. The van der Waals surface area contributed by atoms with Gasteiger partial charge in [-0.05, 0) is 29.8 Å². The molecule has 0 radical (unpaired) electrons. The molecule has 3 aromatic rings. The van der Waals surface area contributed by atoms with Crippen LogP contribution in [0.15, 0.2) is 84.9 Å². The Morgan fingerprint density at radius 3 is 2.29 bits per heavy atom. The van der Waals surface area contributed by atoms with Gasteiger partial charge in [-0.3, -0.25) is 9.59 Å². The van der Waals surface area contributed by atoms with Crippen LogP contribution in [0.5, 0.6) is 11.5 Å². The fraction of sp³-hybridized carbons (Fsp3) is 0.130. The second-order valence-electron chi connectivity index (χ2n) is 6.64. The number of para-hydroxylation sites is 3. The van der Waals surface area contributed by atoms with E-state index in [9.17, 15) is 9.59 Å². The molecule has 0 aromatic heterocycles. The van der Waals surface area contributed by atoms with E-state index in [4.69, 9.17) is 4.74 Å². The van der Waals surface area contributed by atoms with E-state index < -0.39 is 5.92 Å². The number of rotatable bonds is 5. The fourth-order valence-corrected chi connectivity index (χ4v) is 3.42. The number of anilines is 1. The van der Waals surface area contributed by atoms with Gasteiger partial charge in [0.15, 0.2) is 5.75 Å². The molecule has 28 heavy (non-hydrogen) atoms. The van der Waals surface area contributed by atoms with Gasteiger partial charge in [-0.15, -0.1) is 0 Å². The van der Waals surface area contributed by atoms with Crippen molar-refractivity contribution in [3.05, 3.63) is 90.5 Å². The Morgan fingerprint density at radius 2 is 1.54 bits per heavy atom. The molecule has 0 bridgehead atoms. The maximum Gasteiger partial charge on any atom is 0.237 e. The van der Waals surface area contributed by atoms with Crippen LogP contribution in [0.4, 0.5) is 5.69 Å². The molecule has 3 aromatic carbocycles. The van der Waals surface area contributed by atoms with Gasteiger partial charge in [0, 0.05) is 12.5 Å². The molecule has 1 saturated heterocycles. The minimum atomic E-state index is -0.785. The summed E-state index contributed by atoms with van der Waals surface area (Å²) in [5.41, 5.74) is 1.50. The quantitative estimate of drug-likeness (QED) is 0.667. The molecule has 0 saturated carbocycles. The fourth-order valence-electron chi connectivity index (χ4n) is 3.42. The van der Waals surface area contributed by atoms with Gasteiger partial charge in [-0.1, -0.05) is 60.7 Å². The van der Waals surface area contributed by atoms with E-state index in [1.165, 1.54) is 0 Å². The maximum absolute atomic E-state index is 13.0. The zero-order valence-corrected chi connectivity index (χ0v) is 15.2. The number of benzene rings is 3. The zero-order valence-electron chi connectivity index (χ0n) is 15.2. The summed E-state index contributed by atoms with van der Waals surface area (Å²) in [5, 5.41) is 5.69. The third kappa shape index (κ3) is 3.74. The molecule has 2 unspecified atom stereocenters. The predicted octanol–water partition coefficient (Wildman–Crippen LogP) is 3.95. The first-order valence-corrected chi connectivity index (χ1v) is 9.18. The molecule has 5 nitrogen and oxygen atoms in total. The van der Waals surface area contributed by atoms with Crippen molar-refractivity contribution in [2.75, 3.05) is 11.9 Å². The monoisotopic (exact) mass is 372 g/mol. The largest absolute Gasteiger partial charge is 0.455 e. The molecule has 1 aliphatic heterocycles. The Hall–Kier alpha value is -3.60. The average Bonchev–Trinajstić information content (AvgIpc) is 3.12. The van der Waals surface area contributed by atoms with Crippen molar-refractivity contribution in [2.24, 2.45) is 5.92 Å². The zero-order chi connectivity index (χ0) is 19.3. The van der Waals surface area contributed by atoms with Crippen LogP contribution in [0.2, 0.25) is 0 Å². The van der Waals surface area contributed by atoms with E-state index in [-0.39, 0.29) is 17.7 Å². The standard InChI is InChI=1S/C23H20N2O3/c26-22-21(18(15-24-22)16-9-3-1-4-10-16)23(27)25-19-13-7-8-14-20(19)28-17-11-5-2-6-12-17/h1-14,18,21H,15H2,(H,24,26)(H,25,27). The van der Waals surface area contributed by atoms with Gasteiger partial charge in [0.25, 0.3) is 0 Å². The van der Waals surface area contributed by atoms with Crippen molar-refractivity contribution in [2.45, 2.75) is 5.92 Å². The van der Waals surface area contributed by atoms with Crippen LogP contribution in [0.1, 0.15) is 11.5 Å². The summed E-state index contributed by atoms with van der Waals surface area (Å²) in [6, 6.07) is 26.2. The number of carbonyl (C=O) groups is 2. The minimum absolute atomic E-state index is 0.198. The van der Waals surface area contributed by atoms with Gasteiger partial charge >= 0.3 is 0 Å². The number of amides is 2. The van der Waals surface area contributed by atoms with Gasteiger partial charge in [0.05, 0.1) is 5.69 Å². The molecule has 1 aliphatic rings. The summed E-state index contributed by atoms with van der Waals surface area (Å²) >= 11 is 0. The van der Waals surface area contributed by atoms with Gasteiger partial charge in [0.1, 0.15) is 11.7 Å². The second kappa shape index (κ2) is 7.96. The smallest absolute Gasteiger partial charge is 0.237 e. The van der Waals surface area contributed by atoms with Crippen molar-refractivity contribution >= 4 is 17.5 Å². The van der Waals surface area contributed by atoms with E-state index in [1.807, 2.05) is 72.8 Å². The highest BCUT2D eigenvalue weighted by Crippen LogP contribution is 2.33. The summed E-state index contributed by atoms with van der Waals surface area (Å²) in [5.74, 6) is -0.384. The van der Waals surface area contributed by atoms with Crippen LogP contribution in [0.25, 0.3) is 0 Å². The lowest BCUT2D eigenvalue weighted by molar-refractivity contribution is -0.130. The van der Waals surface area contributed by atoms with Crippen LogP contribution >= 0.6 is 0 Å². The first-order valence-electron chi connectivity index (χ1n) is 9.18. The van der Waals surface area contributed by atoms with Crippen molar-refractivity contribution in [3.8, 4) is 11.5 Å². The first-order chi connectivity index (χ1) is 13.7. The lowest BCUT2D eigenvalue weighted by Gasteiger charge is -2.18. The van der Waals surface area contributed by atoms with Gasteiger partial charge < -0.3 is 15.4 Å². The van der Waals surface area contributed by atoms with Crippen molar-refractivity contribution in [1.29, 1.82) is 0 Å². The molecule has 2 amide bonds. The normalized spacial score (nSPS) is 18.4. The summed E-state index contributed by atoms with van der Waals surface area (Å²) in [6.07, 6.45) is 0. The van der Waals surface area contributed by atoms with Gasteiger partial charge in [0.2, 0.25) is 11.8 Å². The Morgan fingerprint density at radius 1 is 0.893 bits per heavy atom. The molecule has 2 atom stereocenters. The Kier molecular flexibility index (Phi) is 5.06. The molecule has 2 N–H and O–H groups in total. The van der Waals surface area contributed by atoms with Crippen LogP contribution < -0.4 is 15.4 Å². The van der Waals surface area contributed by atoms with Crippen LogP contribution in [0.3, 0.4) is 0 Å². The third-order valence-corrected chi connectivity index (χ3v) is 4.81. The highest BCUT2D eigenvalue weighted by Gasteiger charge is 2.41. The summed E-state index contributed by atoms with van der Waals surface area (Å²) in [6.45, 7) is 0.448. The Balaban J connectivity index is 1.55. The van der Waals surface area contributed by atoms with Crippen LogP contribution in [0, 0.1) is 5.92 Å². The van der Waals surface area contributed by atoms with Gasteiger partial charge in [-0.25, -0.2) is 0 Å². The third-order valence-electron chi connectivity index (χ3n) is 4.81. The van der Waals surface area contributed by atoms with E-state index in [2.05, 4.69) is 10.6 Å². The lowest BCUT2D eigenvalue weighted by Crippen LogP contribution is -2.32. The number of ether oxygens (including phenoxy) is 1. The van der Waals surface area contributed by atoms with Crippen molar-refractivity contribution in [1.82, 2.24) is 5.32 Å². The summed E-state index contributed by atoms with van der Waals surface area (Å²) in [4.78, 5) is 25.3. The summed E-state index contributed by atoms with van der Waals surface area (Å²) < 4.78 is 5.90. The van der Waals surface area contributed by atoms with E-state index in [0.717, 1.165) is 5.56 Å². The van der Waals surface area contributed by atoms with E-state index >= 15 is 0 Å². The highest BCUT2D eigenvalue weighted by molar-refractivity contribution is 6.09. The Bertz CT molecular complexity index is 973. The first kappa shape index (κ1) is 17.8. The molecule has 140 valence electrons. The number of hydrogen-bond donors (Lipinski definition) is 2. The number of carbonyl (C=O) groups excluding carboxylic acids is 2. The molecule has 1 heterocycles. The molecular weight excluding hydrogens is 352 g/mol.